The van der Waals surface area contributed by atoms with Crippen molar-refractivity contribution in [2.75, 3.05) is 13.1 Å². The van der Waals surface area contributed by atoms with Crippen molar-refractivity contribution in [1.29, 1.82) is 0 Å². The second-order valence-corrected chi connectivity index (χ2v) is 5.33. The number of nitrogens with zero attached hydrogens (tertiary/aromatic N) is 1. The first-order valence-electron chi connectivity index (χ1n) is 6.68. The highest BCUT2D eigenvalue weighted by Crippen LogP contribution is 2.27. The van der Waals surface area contributed by atoms with E-state index in [9.17, 15) is 9.90 Å². The number of carboxylic acids is 1. The van der Waals surface area contributed by atoms with Crippen LogP contribution in [0.4, 0.5) is 0 Å². The van der Waals surface area contributed by atoms with Crippen LogP contribution in [0.2, 0.25) is 0 Å². The Morgan fingerprint density at radius 3 is 2.59 bits per heavy atom. The number of aliphatic carboxylic acids is 1. The standard InChI is InChI=1S/C13H26N2O2/c1-5-11-8-7-10(3)15(11)9-13(4,12(16)17)14-6-2/h10-11,14H,5-9H2,1-4H3,(H,16,17). The molecule has 4 heteroatoms. The third-order valence-corrected chi connectivity index (χ3v) is 3.96. The molecule has 1 aliphatic heterocycles. The number of likely N-dealkylation sites (tertiary alicyclic amines) is 1. The van der Waals surface area contributed by atoms with Crippen LogP contribution in [0.25, 0.3) is 0 Å². The molecule has 0 aromatic heterocycles. The second-order valence-electron chi connectivity index (χ2n) is 5.33. The molecule has 0 saturated carbocycles. The molecule has 0 radical (unpaired) electrons. The smallest absolute Gasteiger partial charge is 0.324 e. The monoisotopic (exact) mass is 242 g/mol. The molecular formula is C13H26N2O2. The van der Waals surface area contributed by atoms with Gasteiger partial charge < -0.3 is 10.4 Å². The normalized spacial score (nSPS) is 29.2. The summed E-state index contributed by atoms with van der Waals surface area (Å²) < 4.78 is 0. The molecule has 100 valence electrons. The quantitative estimate of drug-likeness (QED) is 0.744. The van der Waals surface area contributed by atoms with E-state index in [1.807, 2.05) is 6.92 Å². The van der Waals surface area contributed by atoms with Gasteiger partial charge in [-0.05, 0) is 39.7 Å². The lowest BCUT2D eigenvalue weighted by Crippen LogP contribution is -2.58. The van der Waals surface area contributed by atoms with Crippen LogP contribution in [0.5, 0.6) is 0 Å². The number of hydrogen-bond donors (Lipinski definition) is 2. The molecule has 1 rings (SSSR count). The Bertz CT molecular complexity index is 270. The van der Waals surface area contributed by atoms with Gasteiger partial charge in [-0.25, -0.2) is 0 Å². The Kier molecular flexibility index (Phi) is 4.95. The van der Waals surface area contributed by atoms with Gasteiger partial charge in [-0.15, -0.1) is 0 Å². The maximum atomic E-state index is 11.4. The van der Waals surface area contributed by atoms with Crippen LogP contribution in [-0.2, 0) is 4.79 Å². The number of rotatable bonds is 6. The lowest BCUT2D eigenvalue weighted by atomic mass is 10.0. The van der Waals surface area contributed by atoms with Gasteiger partial charge in [0, 0.05) is 18.6 Å². The number of carbonyl (C=O) groups is 1. The van der Waals surface area contributed by atoms with Crippen LogP contribution in [0.15, 0.2) is 0 Å². The van der Waals surface area contributed by atoms with Crippen molar-refractivity contribution < 1.29 is 9.90 Å². The number of hydrogen-bond acceptors (Lipinski definition) is 3. The van der Waals surface area contributed by atoms with Gasteiger partial charge in [0.25, 0.3) is 0 Å². The molecule has 0 aliphatic carbocycles. The van der Waals surface area contributed by atoms with Crippen molar-refractivity contribution in [3.05, 3.63) is 0 Å². The fourth-order valence-electron chi connectivity index (χ4n) is 2.80. The zero-order chi connectivity index (χ0) is 13.1. The average molecular weight is 242 g/mol. The first-order chi connectivity index (χ1) is 7.94. The van der Waals surface area contributed by atoms with E-state index in [-0.39, 0.29) is 0 Å². The predicted molar refractivity (Wildman–Crippen MR) is 69.2 cm³/mol. The van der Waals surface area contributed by atoms with Crippen LogP contribution in [-0.4, -0.2) is 46.7 Å². The fourth-order valence-corrected chi connectivity index (χ4v) is 2.80. The minimum atomic E-state index is -0.833. The van der Waals surface area contributed by atoms with Gasteiger partial charge in [0.05, 0.1) is 0 Å². The summed E-state index contributed by atoms with van der Waals surface area (Å²) in [5.74, 6) is -0.756. The molecule has 1 aliphatic rings. The van der Waals surface area contributed by atoms with E-state index in [0.717, 1.165) is 6.42 Å². The van der Waals surface area contributed by atoms with E-state index in [1.54, 1.807) is 6.92 Å². The molecule has 4 nitrogen and oxygen atoms in total. The van der Waals surface area contributed by atoms with Gasteiger partial charge in [-0.1, -0.05) is 13.8 Å². The Hall–Kier alpha value is -0.610. The first kappa shape index (κ1) is 14.5. The minimum absolute atomic E-state index is 0.497. The van der Waals surface area contributed by atoms with E-state index in [4.69, 9.17) is 0 Å². The number of carboxylic acid groups (broad SMARTS) is 1. The summed E-state index contributed by atoms with van der Waals surface area (Å²) in [6.07, 6.45) is 3.48. The highest BCUT2D eigenvalue weighted by atomic mass is 16.4. The van der Waals surface area contributed by atoms with Crippen LogP contribution in [0.1, 0.15) is 47.0 Å². The molecule has 1 saturated heterocycles. The Morgan fingerprint density at radius 1 is 1.47 bits per heavy atom. The van der Waals surface area contributed by atoms with Crippen molar-refractivity contribution in [1.82, 2.24) is 10.2 Å². The molecular weight excluding hydrogens is 216 g/mol. The third-order valence-electron chi connectivity index (χ3n) is 3.96. The van der Waals surface area contributed by atoms with Crippen molar-refractivity contribution in [2.45, 2.75) is 64.6 Å². The topological polar surface area (TPSA) is 52.6 Å². The van der Waals surface area contributed by atoms with Crippen molar-refractivity contribution in [2.24, 2.45) is 0 Å². The zero-order valence-electron chi connectivity index (χ0n) is 11.5. The maximum Gasteiger partial charge on any atom is 0.324 e. The maximum absolute atomic E-state index is 11.4. The Labute approximate surface area is 104 Å². The minimum Gasteiger partial charge on any atom is -0.480 e. The van der Waals surface area contributed by atoms with Crippen LogP contribution in [0, 0.1) is 0 Å². The van der Waals surface area contributed by atoms with E-state index >= 15 is 0 Å². The van der Waals surface area contributed by atoms with Crippen LogP contribution in [0.3, 0.4) is 0 Å². The molecule has 0 spiro atoms. The Balaban J connectivity index is 2.75. The van der Waals surface area contributed by atoms with Crippen molar-refractivity contribution in [3.63, 3.8) is 0 Å². The first-order valence-corrected chi connectivity index (χ1v) is 6.68. The van der Waals surface area contributed by atoms with E-state index in [1.165, 1.54) is 12.8 Å². The van der Waals surface area contributed by atoms with E-state index < -0.39 is 11.5 Å². The summed E-state index contributed by atoms with van der Waals surface area (Å²) in [5, 5.41) is 12.5. The molecule has 2 N–H and O–H groups in total. The van der Waals surface area contributed by atoms with Gasteiger partial charge in [0.15, 0.2) is 0 Å². The molecule has 1 fully saturated rings. The van der Waals surface area contributed by atoms with Crippen LogP contribution < -0.4 is 5.32 Å². The molecule has 1 heterocycles. The van der Waals surface area contributed by atoms with Gasteiger partial charge in [0.1, 0.15) is 5.54 Å². The highest BCUT2D eigenvalue weighted by molar-refractivity contribution is 5.78. The van der Waals surface area contributed by atoms with Gasteiger partial charge in [-0.3, -0.25) is 9.69 Å². The van der Waals surface area contributed by atoms with Crippen molar-refractivity contribution in [3.8, 4) is 0 Å². The molecule has 0 bridgehead atoms. The van der Waals surface area contributed by atoms with Gasteiger partial charge in [-0.2, -0.15) is 0 Å². The average Bonchev–Trinajstić information content (AvgIpc) is 2.60. The SMILES string of the molecule is CCNC(C)(CN1C(C)CCC1CC)C(=O)O. The number of likely N-dealkylation sites (N-methyl/N-ethyl adjacent to an activating group) is 1. The summed E-state index contributed by atoms with van der Waals surface area (Å²) in [6, 6.07) is 1.04. The lowest BCUT2D eigenvalue weighted by Gasteiger charge is -2.36. The summed E-state index contributed by atoms with van der Waals surface area (Å²) in [4.78, 5) is 13.8. The molecule has 0 aromatic carbocycles. The third kappa shape index (κ3) is 3.19. The molecule has 0 amide bonds. The lowest BCUT2D eigenvalue weighted by molar-refractivity contribution is -0.145. The summed E-state index contributed by atoms with van der Waals surface area (Å²) in [5.41, 5.74) is -0.833. The molecule has 17 heavy (non-hydrogen) atoms. The van der Waals surface area contributed by atoms with Crippen molar-refractivity contribution >= 4 is 5.97 Å². The fraction of sp³-hybridized carbons (Fsp3) is 0.923. The van der Waals surface area contributed by atoms with E-state index in [0.29, 0.717) is 25.2 Å². The molecule has 3 atom stereocenters. The highest BCUT2D eigenvalue weighted by Gasteiger charge is 2.39. The Morgan fingerprint density at radius 2 is 2.12 bits per heavy atom. The van der Waals surface area contributed by atoms with Gasteiger partial charge in [0.2, 0.25) is 0 Å². The summed E-state index contributed by atoms with van der Waals surface area (Å²) in [6.45, 7) is 9.39. The second kappa shape index (κ2) is 5.83. The predicted octanol–water partition coefficient (Wildman–Crippen LogP) is 1.70. The summed E-state index contributed by atoms with van der Waals surface area (Å²) >= 11 is 0. The van der Waals surface area contributed by atoms with Crippen LogP contribution >= 0.6 is 0 Å². The molecule has 3 unspecified atom stereocenters. The molecule has 0 aromatic rings. The summed E-state index contributed by atoms with van der Waals surface area (Å²) in [7, 11) is 0. The van der Waals surface area contributed by atoms with E-state index in [2.05, 4.69) is 24.1 Å². The zero-order valence-corrected chi connectivity index (χ0v) is 11.5. The van der Waals surface area contributed by atoms with Gasteiger partial charge >= 0.3 is 5.97 Å². The largest absolute Gasteiger partial charge is 0.480 e. The number of nitrogens with one attached hydrogen (secondary N) is 1.